The fourth-order valence-corrected chi connectivity index (χ4v) is 13.4. The zero-order valence-corrected chi connectivity index (χ0v) is 27.8. The fourth-order valence-electron chi connectivity index (χ4n) is 13.4. The number of aliphatic hydroxyl groups is 6. The van der Waals surface area contributed by atoms with Crippen molar-refractivity contribution in [3.05, 3.63) is 0 Å². The van der Waals surface area contributed by atoms with E-state index in [1.54, 1.807) is 0 Å². The molecule has 9 nitrogen and oxygen atoms in total. The molecule has 7 rings (SSSR count). The second-order valence-electron chi connectivity index (χ2n) is 18.3. The van der Waals surface area contributed by atoms with Gasteiger partial charge in [-0.25, -0.2) is 0 Å². The molecule has 0 bridgehead atoms. The zero-order valence-electron chi connectivity index (χ0n) is 27.8. The summed E-state index contributed by atoms with van der Waals surface area (Å²) in [5.41, 5.74) is -2.01. The van der Waals surface area contributed by atoms with E-state index in [-0.39, 0.29) is 52.3 Å². The molecule has 2 aliphatic heterocycles. The summed E-state index contributed by atoms with van der Waals surface area (Å²) < 4.78 is 18.7. The average molecular weight is 623 g/mol. The molecule has 5 aliphatic carbocycles. The molecule has 9 heteroatoms. The average Bonchev–Trinajstić information content (AvgIpc) is 3.27. The van der Waals surface area contributed by atoms with Crippen LogP contribution in [0.1, 0.15) is 106 Å². The molecule has 5 saturated carbocycles. The van der Waals surface area contributed by atoms with Gasteiger partial charge in [-0.2, -0.15) is 0 Å². The van der Waals surface area contributed by atoms with Crippen LogP contribution in [0.2, 0.25) is 0 Å². The molecule has 44 heavy (non-hydrogen) atoms. The Labute approximate surface area is 262 Å². The van der Waals surface area contributed by atoms with E-state index in [2.05, 4.69) is 34.6 Å². The third-order valence-corrected chi connectivity index (χ3v) is 15.5. The third-order valence-electron chi connectivity index (χ3n) is 15.5. The van der Waals surface area contributed by atoms with Crippen LogP contribution in [0.3, 0.4) is 0 Å². The summed E-state index contributed by atoms with van der Waals surface area (Å²) in [4.78, 5) is 0. The lowest BCUT2D eigenvalue weighted by Gasteiger charge is -2.64. The Morgan fingerprint density at radius 3 is 2.11 bits per heavy atom. The SMILES string of the molecule is CC(C)(O)[C@@H]1CC[C@](C)([C@@H]2[C@@H](O)C[C@@]3(C)[C@H]4C[C@@H](O)[C@H]5C(C)(C)[C@@H](O[C@@H]6OC[C@H](O)[C@H](O)[C@@H]6O)CC[C@@]56C[C@@]46CC[C@]23C)O1. The van der Waals surface area contributed by atoms with Gasteiger partial charge in [0.2, 0.25) is 0 Å². The minimum atomic E-state index is -1.33. The number of ether oxygens (including phenoxy) is 3. The molecular weight excluding hydrogens is 564 g/mol. The third kappa shape index (κ3) is 3.97. The molecule has 2 saturated heterocycles. The normalized spacial score (nSPS) is 59.8. The summed E-state index contributed by atoms with van der Waals surface area (Å²) in [5.74, 6) is 0.285. The minimum Gasteiger partial charge on any atom is -0.393 e. The Morgan fingerprint density at radius 2 is 1.45 bits per heavy atom. The predicted octanol–water partition coefficient (Wildman–Crippen LogP) is 2.90. The first kappa shape index (κ1) is 32.2. The first-order chi connectivity index (χ1) is 20.3. The molecule has 0 aromatic heterocycles. The van der Waals surface area contributed by atoms with Crippen molar-refractivity contribution in [3.63, 3.8) is 0 Å². The molecule has 252 valence electrons. The summed E-state index contributed by atoms with van der Waals surface area (Å²) in [6, 6.07) is 0. The van der Waals surface area contributed by atoms with E-state index in [9.17, 15) is 30.6 Å². The molecule has 0 aromatic carbocycles. The van der Waals surface area contributed by atoms with Crippen molar-refractivity contribution >= 4 is 0 Å². The largest absolute Gasteiger partial charge is 0.393 e. The van der Waals surface area contributed by atoms with Crippen LogP contribution in [0.25, 0.3) is 0 Å². The molecule has 0 amide bonds. The van der Waals surface area contributed by atoms with Gasteiger partial charge in [0.1, 0.15) is 18.3 Å². The molecule has 2 spiro atoms. The van der Waals surface area contributed by atoms with Crippen molar-refractivity contribution in [2.24, 2.45) is 44.8 Å². The van der Waals surface area contributed by atoms with Gasteiger partial charge in [-0.1, -0.05) is 27.7 Å². The first-order valence-corrected chi connectivity index (χ1v) is 17.4. The van der Waals surface area contributed by atoms with Gasteiger partial charge in [0, 0.05) is 5.92 Å². The minimum absolute atomic E-state index is 0.00753. The van der Waals surface area contributed by atoms with E-state index in [4.69, 9.17) is 14.2 Å². The summed E-state index contributed by atoms with van der Waals surface area (Å²) in [6.45, 7) is 14.8. The Balaban J connectivity index is 1.15. The van der Waals surface area contributed by atoms with Crippen molar-refractivity contribution in [3.8, 4) is 0 Å². The maximum atomic E-state index is 12.1. The molecule has 6 N–H and O–H groups in total. The lowest BCUT2D eigenvalue weighted by Crippen LogP contribution is -2.63. The van der Waals surface area contributed by atoms with Crippen LogP contribution in [-0.2, 0) is 14.2 Å². The number of hydrogen-bond donors (Lipinski definition) is 6. The van der Waals surface area contributed by atoms with Gasteiger partial charge in [0.05, 0.1) is 42.2 Å². The topological polar surface area (TPSA) is 149 Å². The van der Waals surface area contributed by atoms with Gasteiger partial charge in [-0.05, 0) is 117 Å². The molecular formula is C35H58O9. The van der Waals surface area contributed by atoms with Gasteiger partial charge < -0.3 is 44.8 Å². The highest BCUT2D eigenvalue weighted by Crippen LogP contribution is 2.89. The van der Waals surface area contributed by atoms with Crippen LogP contribution in [0.5, 0.6) is 0 Å². The van der Waals surface area contributed by atoms with Crippen molar-refractivity contribution in [1.82, 2.24) is 0 Å². The molecule has 7 aliphatic rings. The van der Waals surface area contributed by atoms with Crippen LogP contribution >= 0.6 is 0 Å². The van der Waals surface area contributed by atoms with Gasteiger partial charge in [0.25, 0.3) is 0 Å². The summed E-state index contributed by atoms with van der Waals surface area (Å²) in [6.07, 6.45) is 1.57. The van der Waals surface area contributed by atoms with Crippen LogP contribution in [0.15, 0.2) is 0 Å². The standard InChI is InChI=1S/C35H58O9/c1-29(2)22(43-28-25(40)24(39)20(38)16-42-28)9-11-35-17-34(35)13-12-31(5)27(33(7)10-8-23(44-33)30(3,4)41)19(37)15-32(31,6)21(34)14-18(36)26(29)35/h18-28,36-41H,8-17H2,1-7H3/t18-,19+,20+,21-,22+,23+,24+,25+,26+,27-,28+,31-,32+,33-,34+,35-/m1/s1. The highest BCUT2D eigenvalue weighted by atomic mass is 16.7. The smallest absolute Gasteiger partial charge is 0.186 e. The van der Waals surface area contributed by atoms with Gasteiger partial charge >= 0.3 is 0 Å². The second-order valence-corrected chi connectivity index (χ2v) is 18.3. The van der Waals surface area contributed by atoms with Crippen molar-refractivity contribution < 1.29 is 44.8 Å². The van der Waals surface area contributed by atoms with Crippen LogP contribution in [0.4, 0.5) is 0 Å². The van der Waals surface area contributed by atoms with E-state index >= 15 is 0 Å². The maximum absolute atomic E-state index is 12.1. The highest BCUT2D eigenvalue weighted by molar-refractivity contribution is 5.33. The summed E-state index contributed by atoms with van der Waals surface area (Å²) in [7, 11) is 0. The Kier molecular flexibility index (Phi) is 7.04. The second kappa shape index (κ2) is 9.63. The number of hydrogen-bond acceptors (Lipinski definition) is 9. The number of rotatable bonds is 4. The lowest BCUT2D eigenvalue weighted by molar-refractivity contribution is -0.306. The summed E-state index contributed by atoms with van der Waals surface area (Å²) >= 11 is 0. The molecule has 7 fully saturated rings. The lowest BCUT2D eigenvalue weighted by atomic mass is 9.41. The number of fused-ring (bicyclic) bond motifs is 2. The van der Waals surface area contributed by atoms with Gasteiger partial charge in [0.15, 0.2) is 6.29 Å². The molecule has 0 unspecified atom stereocenters. The van der Waals surface area contributed by atoms with Gasteiger partial charge in [-0.15, -0.1) is 0 Å². The van der Waals surface area contributed by atoms with Crippen LogP contribution in [-0.4, -0.2) is 97.5 Å². The Bertz CT molecular complexity index is 1160. The van der Waals surface area contributed by atoms with E-state index in [1.165, 1.54) is 0 Å². The molecule has 16 atom stereocenters. The quantitative estimate of drug-likeness (QED) is 0.260. The van der Waals surface area contributed by atoms with Crippen LogP contribution in [0, 0.1) is 44.8 Å². The monoisotopic (exact) mass is 622 g/mol. The highest BCUT2D eigenvalue weighted by Gasteiger charge is 2.85. The van der Waals surface area contributed by atoms with Crippen molar-refractivity contribution in [1.29, 1.82) is 0 Å². The van der Waals surface area contributed by atoms with E-state index in [0.29, 0.717) is 18.8 Å². The zero-order chi connectivity index (χ0) is 32.0. The molecule has 0 aromatic rings. The Morgan fingerprint density at radius 1 is 0.750 bits per heavy atom. The van der Waals surface area contributed by atoms with Gasteiger partial charge in [-0.3, -0.25) is 0 Å². The summed E-state index contributed by atoms with van der Waals surface area (Å²) in [5, 5.41) is 65.5. The van der Waals surface area contributed by atoms with Crippen molar-refractivity contribution in [2.75, 3.05) is 6.61 Å². The predicted molar refractivity (Wildman–Crippen MR) is 161 cm³/mol. The maximum Gasteiger partial charge on any atom is 0.186 e. The van der Waals surface area contributed by atoms with Crippen LogP contribution < -0.4 is 0 Å². The van der Waals surface area contributed by atoms with E-state index < -0.39 is 53.4 Å². The van der Waals surface area contributed by atoms with E-state index in [0.717, 1.165) is 44.9 Å². The molecule has 0 radical (unpaired) electrons. The van der Waals surface area contributed by atoms with Crippen molar-refractivity contribution in [2.45, 2.75) is 166 Å². The molecule has 2 heterocycles. The Hall–Kier alpha value is -0.360. The fraction of sp³-hybridized carbons (Fsp3) is 1.00. The first-order valence-electron chi connectivity index (χ1n) is 17.4. The number of aliphatic hydroxyl groups excluding tert-OH is 5. The van der Waals surface area contributed by atoms with E-state index in [1.807, 2.05) is 13.8 Å².